The third-order valence-electron chi connectivity index (χ3n) is 5.77. The van der Waals surface area contributed by atoms with Crippen molar-refractivity contribution >= 4 is 5.57 Å². The molecule has 142 valence electrons. The summed E-state index contributed by atoms with van der Waals surface area (Å²) in [5.74, 6) is 0. The molecule has 0 aromatic heterocycles. The summed E-state index contributed by atoms with van der Waals surface area (Å²) in [6, 6.07) is 14.1. The fraction of sp³-hybridized carbons (Fsp3) is 0.286. The molecule has 4 rings (SSSR count). The Morgan fingerprint density at radius 1 is 0.500 bits per heavy atom. The monoisotopic (exact) mass is 366 g/mol. The number of benzene rings is 2. The van der Waals surface area contributed by atoms with E-state index in [1.54, 1.807) is 0 Å². The van der Waals surface area contributed by atoms with E-state index in [1.165, 1.54) is 44.5 Å². The van der Waals surface area contributed by atoms with Crippen molar-refractivity contribution in [2.24, 2.45) is 0 Å². The maximum Gasteiger partial charge on any atom is -0.00262 e. The molecule has 2 aromatic rings. The zero-order valence-electron chi connectivity index (χ0n) is 17.9. The Hall–Kier alpha value is -2.60. The van der Waals surface area contributed by atoms with Crippen LogP contribution in [0.25, 0.3) is 16.7 Å². The molecule has 0 bridgehead atoms. The molecule has 0 N–H and O–H groups in total. The summed E-state index contributed by atoms with van der Waals surface area (Å²) in [7, 11) is 0. The van der Waals surface area contributed by atoms with Gasteiger partial charge in [-0.05, 0) is 67.5 Å². The van der Waals surface area contributed by atoms with Gasteiger partial charge >= 0.3 is 0 Å². The highest BCUT2D eigenvalue weighted by molar-refractivity contribution is 6.04. The highest BCUT2D eigenvalue weighted by Crippen LogP contribution is 2.48. The van der Waals surface area contributed by atoms with Crippen LogP contribution in [0, 0.1) is 0 Å². The Morgan fingerprint density at radius 3 is 1.32 bits per heavy atom. The first-order valence-electron chi connectivity index (χ1n) is 10.2. The van der Waals surface area contributed by atoms with Gasteiger partial charge < -0.3 is 0 Å². The van der Waals surface area contributed by atoms with Crippen LogP contribution < -0.4 is 0 Å². The van der Waals surface area contributed by atoms with E-state index in [-0.39, 0.29) is 10.8 Å². The standard InChI is InChI=1S/C28H30/c1-27(2,3)20-13-15-22-23-16-14-21(28(4,5)6)18-25(23)26(24(22)17-20)19-11-9-7-8-10-12-19/h7-18H,1-6H3. The Labute approximate surface area is 170 Å². The lowest BCUT2D eigenvalue weighted by Gasteiger charge is -2.21. The molecule has 2 aliphatic carbocycles. The molecule has 0 atom stereocenters. The lowest BCUT2D eigenvalue weighted by Crippen LogP contribution is -2.11. The molecular formula is C28H30. The molecule has 0 saturated carbocycles. The molecule has 0 amide bonds. The molecule has 0 aliphatic heterocycles. The van der Waals surface area contributed by atoms with Crippen LogP contribution >= 0.6 is 0 Å². The molecule has 2 aromatic carbocycles. The first-order valence-corrected chi connectivity index (χ1v) is 10.2. The van der Waals surface area contributed by atoms with E-state index >= 15 is 0 Å². The average Bonchev–Trinajstić information content (AvgIpc) is 2.76. The zero-order chi connectivity index (χ0) is 20.1. The lowest BCUT2D eigenvalue weighted by atomic mass is 9.84. The second-order valence-corrected chi connectivity index (χ2v) is 9.95. The van der Waals surface area contributed by atoms with Crippen molar-refractivity contribution in [2.75, 3.05) is 0 Å². The summed E-state index contributed by atoms with van der Waals surface area (Å²) in [6.07, 6.45) is 12.9. The van der Waals surface area contributed by atoms with Gasteiger partial charge in [0.15, 0.2) is 0 Å². The van der Waals surface area contributed by atoms with E-state index in [0.717, 1.165) is 0 Å². The summed E-state index contributed by atoms with van der Waals surface area (Å²) in [4.78, 5) is 0. The van der Waals surface area contributed by atoms with Crippen LogP contribution in [-0.4, -0.2) is 0 Å². The Balaban J connectivity index is 2.03. The van der Waals surface area contributed by atoms with Crippen molar-refractivity contribution in [2.45, 2.75) is 52.4 Å². The van der Waals surface area contributed by atoms with E-state index in [2.05, 4.69) is 114 Å². The van der Waals surface area contributed by atoms with Crippen LogP contribution in [0.15, 0.2) is 78.4 Å². The van der Waals surface area contributed by atoms with Crippen molar-refractivity contribution in [3.63, 3.8) is 0 Å². The number of hydrogen-bond acceptors (Lipinski definition) is 0. The van der Waals surface area contributed by atoms with E-state index in [9.17, 15) is 0 Å². The highest BCUT2D eigenvalue weighted by Gasteiger charge is 2.28. The van der Waals surface area contributed by atoms with Gasteiger partial charge in [0.1, 0.15) is 0 Å². The van der Waals surface area contributed by atoms with Crippen molar-refractivity contribution in [3.8, 4) is 11.1 Å². The van der Waals surface area contributed by atoms with Crippen LogP contribution in [0.4, 0.5) is 0 Å². The van der Waals surface area contributed by atoms with E-state index < -0.39 is 0 Å². The Morgan fingerprint density at radius 2 is 0.929 bits per heavy atom. The predicted molar refractivity (Wildman–Crippen MR) is 123 cm³/mol. The second kappa shape index (κ2) is 6.48. The smallest absolute Gasteiger partial charge is 0.00262 e. The van der Waals surface area contributed by atoms with Gasteiger partial charge in [-0.2, -0.15) is 0 Å². The largest absolute Gasteiger partial charge is 0.0622 e. The molecule has 2 aliphatic rings. The van der Waals surface area contributed by atoms with Crippen LogP contribution in [-0.2, 0) is 10.8 Å². The predicted octanol–water partition coefficient (Wildman–Crippen LogP) is 7.75. The van der Waals surface area contributed by atoms with Gasteiger partial charge in [0.05, 0.1) is 0 Å². The SMILES string of the molecule is CC(C)(C)c1ccc2c(c1)C(=C1C=CC=CC=C1)c1cc(C(C)(C)C)ccc1-2. The topological polar surface area (TPSA) is 0 Å². The molecule has 0 unspecified atom stereocenters. The first kappa shape index (κ1) is 18.7. The number of fused-ring (bicyclic) bond motifs is 3. The summed E-state index contributed by atoms with van der Waals surface area (Å²) in [5.41, 5.74) is 11.1. The number of allylic oxidation sites excluding steroid dienone is 7. The number of rotatable bonds is 0. The Bertz CT molecular complexity index is 971. The van der Waals surface area contributed by atoms with Crippen molar-refractivity contribution in [3.05, 3.63) is 101 Å². The number of hydrogen-bond donors (Lipinski definition) is 0. The molecule has 0 saturated heterocycles. The van der Waals surface area contributed by atoms with Gasteiger partial charge in [-0.3, -0.25) is 0 Å². The maximum absolute atomic E-state index is 2.41. The fourth-order valence-electron chi connectivity index (χ4n) is 4.03. The molecule has 0 radical (unpaired) electrons. The summed E-state index contributed by atoms with van der Waals surface area (Å²) >= 11 is 0. The van der Waals surface area contributed by atoms with Crippen LogP contribution in [0.1, 0.15) is 63.8 Å². The quantitative estimate of drug-likeness (QED) is 0.381. The summed E-state index contributed by atoms with van der Waals surface area (Å²) in [5, 5.41) is 0. The third-order valence-corrected chi connectivity index (χ3v) is 5.77. The Kier molecular flexibility index (Phi) is 4.34. The van der Waals surface area contributed by atoms with E-state index in [1.807, 2.05) is 0 Å². The molecule has 0 spiro atoms. The fourth-order valence-corrected chi connectivity index (χ4v) is 4.03. The van der Waals surface area contributed by atoms with Gasteiger partial charge in [0.25, 0.3) is 0 Å². The minimum absolute atomic E-state index is 0.132. The van der Waals surface area contributed by atoms with Gasteiger partial charge in [0, 0.05) is 0 Å². The average molecular weight is 367 g/mol. The van der Waals surface area contributed by atoms with Crippen LogP contribution in [0.3, 0.4) is 0 Å². The van der Waals surface area contributed by atoms with Gasteiger partial charge in [-0.25, -0.2) is 0 Å². The van der Waals surface area contributed by atoms with Crippen LogP contribution in [0.5, 0.6) is 0 Å². The zero-order valence-corrected chi connectivity index (χ0v) is 17.9. The third kappa shape index (κ3) is 3.22. The molecular weight excluding hydrogens is 336 g/mol. The normalized spacial score (nSPS) is 15.6. The minimum atomic E-state index is 0.132. The van der Waals surface area contributed by atoms with Crippen LogP contribution in [0.2, 0.25) is 0 Å². The van der Waals surface area contributed by atoms with Crippen molar-refractivity contribution < 1.29 is 0 Å². The minimum Gasteiger partial charge on any atom is -0.0622 e. The van der Waals surface area contributed by atoms with Gasteiger partial charge in [-0.1, -0.05) is 102 Å². The molecule has 0 heteroatoms. The van der Waals surface area contributed by atoms with Crippen molar-refractivity contribution in [1.82, 2.24) is 0 Å². The molecule has 0 nitrogen and oxygen atoms in total. The summed E-state index contributed by atoms with van der Waals surface area (Å²) in [6.45, 7) is 13.7. The molecule has 0 heterocycles. The highest BCUT2D eigenvalue weighted by atomic mass is 14.3. The second-order valence-electron chi connectivity index (χ2n) is 9.95. The van der Waals surface area contributed by atoms with Gasteiger partial charge in [-0.15, -0.1) is 0 Å². The first-order chi connectivity index (χ1) is 13.2. The lowest BCUT2D eigenvalue weighted by molar-refractivity contribution is 0.590. The maximum atomic E-state index is 2.41. The van der Waals surface area contributed by atoms with Crippen molar-refractivity contribution in [1.29, 1.82) is 0 Å². The van der Waals surface area contributed by atoms with E-state index in [4.69, 9.17) is 0 Å². The summed E-state index contributed by atoms with van der Waals surface area (Å²) < 4.78 is 0. The van der Waals surface area contributed by atoms with Gasteiger partial charge in [0.2, 0.25) is 0 Å². The molecule has 0 fully saturated rings. The molecule has 28 heavy (non-hydrogen) atoms. The van der Waals surface area contributed by atoms with E-state index in [0.29, 0.717) is 0 Å².